The number of methoxy groups -OCH3 is 1. The molecule has 2 rings (SSSR count). The first-order valence-electron chi connectivity index (χ1n) is 14.2. The number of hydrogen-bond acceptors (Lipinski definition) is 8. The fourth-order valence-electron chi connectivity index (χ4n) is 4.12. The number of fused-ring (bicyclic) bond motifs is 1. The zero-order valence-electron chi connectivity index (χ0n) is 25.3. The Hall–Kier alpha value is -2.51. The molecule has 0 fully saturated rings. The lowest BCUT2D eigenvalue weighted by atomic mass is 9.98. The second kappa shape index (κ2) is 18.3. The fraction of sp³-hybridized carbons (Fsp3) is 0.607. The molecule has 0 aliphatic carbocycles. The van der Waals surface area contributed by atoms with Gasteiger partial charge in [0.25, 0.3) is 0 Å². The highest BCUT2D eigenvalue weighted by Crippen LogP contribution is 2.42. The number of rotatable bonds is 20. The van der Waals surface area contributed by atoms with Crippen molar-refractivity contribution in [3.05, 3.63) is 35.0 Å². The summed E-state index contributed by atoms with van der Waals surface area (Å²) in [5, 5.41) is 9.30. The maximum Gasteiger partial charge on any atom is 0.472 e. The first-order chi connectivity index (χ1) is 20.4. The Morgan fingerprint density at radius 1 is 1.12 bits per heavy atom. The molecule has 1 heterocycles. The molecule has 3 amide bonds. The molecule has 0 radical (unpaired) electrons. The van der Waals surface area contributed by atoms with E-state index in [1.165, 1.54) is 6.92 Å². The monoisotopic (exact) mass is 646 g/mol. The molecule has 1 unspecified atom stereocenters. The van der Waals surface area contributed by atoms with Gasteiger partial charge in [-0.2, -0.15) is 0 Å². The molecule has 0 aliphatic heterocycles. The van der Waals surface area contributed by atoms with Gasteiger partial charge in [-0.1, -0.05) is 37.9 Å². The predicted octanol–water partition coefficient (Wildman–Crippen LogP) is 3.09. The Morgan fingerprint density at radius 2 is 1.86 bits per heavy atom. The summed E-state index contributed by atoms with van der Waals surface area (Å²) in [6.07, 6.45) is 3.00. The van der Waals surface area contributed by atoms with Crippen molar-refractivity contribution in [2.75, 3.05) is 40.1 Å². The van der Waals surface area contributed by atoms with E-state index in [1.807, 2.05) is 32.9 Å². The van der Waals surface area contributed by atoms with Gasteiger partial charge in [0.1, 0.15) is 6.04 Å². The van der Waals surface area contributed by atoms with E-state index in [1.54, 1.807) is 19.4 Å². The minimum Gasteiger partial charge on any atom is -0.382 e. The molecule has 43 heavy (non-hydrogen) atoms. The molecule has 1 aromatic carbocycles. The van der Waals surface area contributed by atoms with Gasteiger partial charge in [0.05, 0.1) is 43.4 Å². The Kier molecular flexibility index (Phi) is 15.6. The molecule has 0 saturated carbocycles. The van der Waals surface area contributed by atoms with Gasteiger partial charge >= 0.3 is 7.82 Å². The number of nitrogens with one attached hydrogen (secondary N) is 4. The van der Waals surface area contributed by atoms with Crippen molar-refractivity contribution in [3.63, 3.8) is 0 Å². The molecule has 0 aliphatic rings. The zero-order valence-corrected chi connectivity index (χ0v) is 27.0. The third-order valence-corrected chi connectivity index (χ3v) is 8.09. The summed E-state index contributed by atoms with van der Waals surface area (Å²) in [5.74, 6) is -1.35. The summed E-state index contributed by atoms with van der Waals surface area (Å²) in [4.78, 5) is 50.5. The lowest BCUT2D eigenvalue weighted by molar-refractivity contribution is -0.130. The predicted molar refractivity (Wildman–Crippen MR) is 163 cm³/mol. The van der Waals surface area contributed by atoms with E-state index < -0.39 is 25.8 Å². The van der Waals surface area contributed by atoms with Crippen molar-refractivity contribution >= 4 is 48.0 Å². The van der Waals surface area contributed by atoms with Crippen molar-refractivity contribution in [1.29, 1.82) is 0 Å². The summed E-state index contributed by atoms with van der Waals surface area (Å²) in [5.41, 5.74) is 1.52. The Bertz CT molecular complexity index is 1240. The molecule has 242 valence electrons. The molecule has 5 atom stereocenters. The van der Waals surface area contributed by atoms with E-state index >= 15 is 0 Å². The van der Waals surface area contributed by atoms with Crippen molar-refractivity contribution in [3.8, 4) is 0 Å². The lowest BCUT2D eigenvalue weighted by Gasteiger charge is -2.24. The minimum atomic E-state index is -4.50. The average molecular weight is 647 g/mol. The third-order valence-electron chi connectivity index (χ3n) is 6.79. The van der Waals surface area contributed by atoms with E-state index in [4.69, 9.17) is 30.1 Å². The number of H-pyrrole nitrogens is 1. The third kappa shape index (κ3) is 12.9. The molecule has 0 spiro atoms. The van der Waals surface area contributed by atoms with Crippen LogP contribution in [0, 0.1) is 5.92 Å². The van der Waals surface area contributed by atoms with Crippen molar-refractivity contribution < 1.29 is 42.4 Å². The van der Waals surface area contributed by atoms with E-state index in [0.29, 0.717) is 30.0 Å². The maximum absolute atomic E-state index is 12.9. The van der Waals surface area contributed by atoms with Crippen LogP contribution in [-0.2, 0) is 43.9 Å². The molecular formula is C28H44ClN4O9P. The normalized spacial score (nSPS) is 15.7. The number of aromatic nitrogens is 1. The second-order valence-electron chi connectivity index (χ2n) is 10.3. The number of halogens is 1. The first kappa shape index (κ1) is 36.7. The number of phosphoric acid groups is 1. The number of hydrogen-bond donors (Lipinski definition) is 5. The SMILES string of the molecule is CC[C@H](C)[C@H](NC(=O)Cc1c[nH]c2cccc(Cl)c12)C(=O)NCCOP(=O)(O)OC[C@@H](COCC[C@@H](C)OC)NC(C)=O. The molecule has 1 aromatic heterocycles. The largest absolute Gasteiger partial charge is 0.472 e. The van der Waals surface area contributed by atoms with Gasteiger partial charge in [0.2, 0.25) is 17.7 Å². The molecule has 13 nitrogen and oxygen atoms in total. The molecule has 0 saturated heterocycles. The van der Waals surface area contributed by atoms with E-state index in [-0.39, 0.29) is 56.6 Å². The Balaban J connectivity index is 1.83. The highest BCUT2D eigenvalue weighted by atomic mass is 35.5. The van der Waals surface area contributed by atoms with Crippen LogP contribution in [0.4, 0.5) is 0 Å². The topological polar surface area (TPSA) is 177 Å². The fourth-order valence-corrected chi connectivity index (χ4v) is 5.19. The lowest BCUT2D eigenvalue weighted by Crippen LogP contribution is -2.51. The molecular weight excluding hydrogens is 603 g/mol. The summed E-state index contributed by atoms with van der Waals surface area (Å²) in [6.45, 7) is 6.60. The standard InChI is InChI=1S/C28H44ClN4O9P/c1-6-18(2)27(33-25(35)14-21-15-31-24-9-7-8-23(29)26(21)24)28(36)30-11-13-41-43(37,38)42-17-22(32-20(4)34)16-40-12-10-19(3)39-5/h7-9,15,18-19,22,27,31H,6,10-14,16-17H2,1-5H3,(H,30,36)(H,32,34)(H,33,35)(H,37,38)/t18-,19+,22+,27-/m0/s1. The van der Waals surface area contributed by atoms with Gasteiger partial charge in [-0.05, 0) is 37.0 Å². The summed E-state index contributed by atoms with van der Waals surface area (Å²) >= 11 is 6.31. The van der Waals surface area contributed by atoms with Gasteiger partial charge in [0.15, 0.2) is 0 Å². The van der Waals surface area contributed by atoms with E-state index in [0.717, 1.165) is 10.9 Å². The van der Waals surface area contributed by atoms with Crippen LogP contribution < -0.4 is 16.0 Å². The molecule has 0 bridgehead atoms. The van der Waals surface area contributed by atoms with E-state index in [9.17, 15) is 23.8 Å². The molecule has 5 N–H and O–H groups in total. The number of ether oxygens (including phenoxy) is 2. The zero-order chi connectivity index (χ0) is 32.0. The van der Waals surface area contributed by atoms with Crippen molar-refractivity contribution in [2.45, 2.75) is 65.1 Å². The van der Waals surface area contributed by atoms with Crippen LogP contribution in [0.3, 0.4) is 0 Å². The average Bonchev–Trinajstić information content (AvgIpc) is 3.37. The first-order valence-corrected chi connectivity index (χ1v) is 16.0. The number of carbonyl (C=O) groups excluding carboxylic acids is 3. The van der Waals surface area contributed by atoms with Gasteiger partial charge in [0, 0.05) is 44.3 Å². The Labute approximate surface area is 257 Å². The van der Waals surface area contributed by atoms with Crippen LogP contribution >= 0.6 is 19.4 Å². The quantitative estimate of drug-likeness (QED) is 0.107. The number of aromatic amines is 1. The second-order valence-corrected chi connectivity index (χ2v) is 12.1. The summed E-state index contributed by atoms with van der Waals surface area (Å²) in [6, 6.07) is 3.90. The number of amides is 3. The van der Waals surface area contributed by atoms with Gasteiger partial charge in [-0.3, -0.25) is 23.4 Å². The van der Waals surface area contributed by atoms with Gasteiger partial charge in [-0.15, -0.1) is 0 Å². The van der Waals surface area contributed by atoms with Crippen LogP contribution in [0.15, 0.2) is 24.4 Å². The van der Waals surface area contributed by atoms with Crippen molar-refractivity contribution in [2.24, 2.45) is 5.92 Å². The highest BCUT2D eigenvalue weighted by Gasteiger charge is 2.27. The highest BCUT2D eigenvalue weighted by molar-refractivity contribution is 7.47. The number of benzene rings is 1. The van der Waals surface area contributed by atoms with Crippen LogP contribution in [0.1, 0.15) is 46.1 Å². The van der Waals surface area contributed by atoms with Gasteiger partial charge in [-0.25, -0.2) is 4.57 Å². The number of phosphoric ester groups is 1. The molecule has 2 aromatic rings. The summed E-state index contributed by atoms with van der Waals surface area (Å²) < 4.78 is 33.0. The van der Waals surface area contributed by atoms with Crippen LogP contribution in [0.25, 0.3) is 10.9 Å². The van der Waals surface area contributed by atoms with Crippen LogP contribution in [0.5, 0.6) is 0 Å². The Morgan fingerprint density at radius 3 is 2.53 bits per heavy atom. The molecule has 15 heteroatoms. The van der Waals surface area contributed by atoms with Crippen LogP contribution in [0.2, 0.25) is 5.02 Å². The summed E-state index contributed by atoms with van der Waals surface area (Å²) in [7, 11) is -2.91. The van der Waals surface area contributed by atoms with E-state index in [2.05, 4.69) is 20.9 Å². The van der Waals surface area contributed by atoms with Crippen LogP contribution in [-0.4, -0.2) is 85.9 Å². The number of carbonyl (C=O) groups is 3. The van der Waals surface area contributed by atoms with Gasteiger partial charge < -0.3 is 35.3 Å². The van der Waals surface area contributed by atoms with Crippen molar-refractivity contribution in [1.82, 2.24) is 20.9 Å². The maximum atomic E-state index is 12.9. The smallest absolute Gasteiger partial charge is 0.382 e. The minimum absolute atomic E-state index is 0.00340.